The summed E-state index contributed by atoms with van der Waals surface area (Å²) in [5.41, 5.74) is 9.53. The van der Waals surface area contributed by atoms with Crippen LogP contribution in [0, 0.1) is 13.8 Å². The second-order valence-electron chi connectivity index (χ2n) is 10.3. The number of benzene rings is 4. The Kier molecular flexibility index (Phi) is 6.99. The third-order valence-corrected chi connectivity index (χ3v) is 7.71. The minimum absolute atomic E-state index is 0.180. The van der Waals surface area contributed by atoms with Crippen LogP contribution in [-0.4, -0.2) is 18.6 Å². The lowest BCUT2D eigenvalue weighted by molar-refractivity contribution is -0.690. The minimum atomic E-state index is 0.180. The molecule has 2 heterocycles. The summed E-state index contributed by atoms with van der Waals surface area (Å²) in [7, 11) is 1.72. The summed E-state index contributed by atoms with van der Waals surface area (Å²) in [4.78, 5) is 3.74. The number of hydrogen-bond donors (Lipinski definition) is 2. The number of aryl methyl sites for hydroxylation is 2. The zero-order valence-corrected chi connectivity index (χ0v) is 22.8. The van der Waals surface area contributed by atoms with Gasteiger partial charge in [-0.2, -0.15) is 0 Å². The molecule has 0 fully saturated rings. The Hall–Kier alpha value is -4.22. The molecule has 1 atom stereocenters. The molecule has 39 heavy (non-hydrogen) atoms. The van der Waals surface area contributed by atoms with Gasteiger partial charge in [-0.25, -0.2) is 0 Å². The number of ether oxygens (including phenoxy) is 3. The van der Waals surface area contributed by atoms with E-state index in [1.807, 2.05) is 18.2 Å². The summed E-state index contributed by atoms with van der Waals surface area (Å²) in [6.07, 6.45) is 1.02. The van der Waals surface area contributed by atoms with Crippen LogP contribution < -0.4 is 19.5 Å². The topological polar surface area (TPSA) is 60.1 Å². The molecule has 0 spiro atoms. The molecule has 0 saturated heterocycles. The van der Waals surface area contributed by atoms with Crippen LogP contribution in [0.15, 0.2) is 84.9 Å². The molecule has 1 aromatic heterocycles. The van der Waals surface area contributed by atoms with Gasteiger partial charge >= 0.3 is 0 Å². The van der Waals surface area contributed by atoms with Crippen molar-refractivity contribution in [2.45, 2.75) is 39.5 Å². The number of aromatic nitrogens is 1. The number of hydrogen-bond acceptors (Lipinski definition) is 3. The second-order valence-corrected chi connectivity index (χ2v) is 10.3. The van der Waals surface area contributed by atoms with Crippen LogP contribution in [-0.2, 0) is 19.6 Å². The van der Waals surface area contributed by atoms with Crippen molar-refractivity contribution < 1.29 is 19.5 Å². The number of rotatable bonds is 8. The SMILES string of the molecule is COc1ccc([C@H]2[NH2+]CCc3c2[nH]c2ccc(OCc4ccccc4)cc32)cc1COc1c(C)cccc1C. The van der Waals surface area contributed by atoms with Crippen LogP contribution in [0.1, 0.15) is 45.1 Å². The van der Waals surface area contributed by atoms with Gasteiger partial charge in [0.05, 0.1) is 19.3 Å². The van der Waals surface area contributed by atoms with E-state index < -0.39 is 0 Å². The molecule has 198 valence electrons. The number of para-hydroxylation sites is 1. The highest BCUT2D eigenvalue weighted by molar-refractivity contribution is 5.86. The van der Waals surface area contributed by atoms with E-state index in [-0.39, 0.29) is 6.04 Å². The maximum atomic E-state index is 6.31. The van der Waals surface area contributed by atoms with E-state index in [1.165, 1.54) is 27.8 Å². The number of fused-ring (bicyclic) bond motifs is 3. The number of nitrogens with two attached hydrogens (primary N) is 1. The summed E-state index contributed by atoms with van der Waals surface area (Å²) in [6.45, 7) is 6.22. The number of methoxy groups -OCH3 is 1. The normalized spacial score (nSPS) is 14.7. The van der Waals surface area contributed by atoms with E-state index in [9.17, 15) is 0 Å². The van der Waals surface area contributed by atoms with Gasteiger partial charge in [-0.15, -0.1) is 0 Å². The zero-order valence-electron chi connectivity index (χ0n) is 22.8. The molecule has 5 nitrogen and oxygen atoms in total. The number of quaternary nitrogens is 1. The van der Waals surface area contributed by atoms with Crippen molar-refractivity contribution >= 4 is 10.9 Å². The van der Waals surface area contributed by atoms with E-state index >= 15 is 0 Å². The largest absolute Gasteiger partial charge is 0.496 e. The van der Waals surface area contributed by atoms with Crippen molar-refractivity contribution in [3.8, 4) is 17.2 Å². The summed E-state index contributed by atoms with van der Waals surface area (Å²) in [6, 6.07) is 29.6. The summed E-state index contributed by atoms with van der Waals surface area (Å²) in [5, 5.41) is 3.67. The van der Waals surface area contributed by atoms with Crippen LogP contribution in [0.3, 0.4) is 0 Å². The quantitative estimate of drug-likeness (QED) is 0.258. The maximum absolute atomic E-state index is 6.31. The molecule has 5 aromatic rings. The van der Waals surface area contributed by atoms with E-state index in [1.54, 1.807) is 7.11 Å². The van der Waals surface area contributed by atoms with Gasteiger partial charge in [0.1, 0.15) is 30.5 Å². The Morgan fingerprint density at radius 1 is 0.846 bits per heavy atom. The van der Waals surface area contributed by atoms with Crippen LogP contribution in [0.5, 0.6) is 17.2 Å². The van der Waals surface area contributed by atoms with E-state index in [0.717, 1.165) is 52.4 Å². The zero-order chi connectivity index (χ0) is 26.8. The first-order valence-electron chi connectivity index (χ1n) is 13.6. The Morgan fingerprint density at radius 2 is 1.67 bits per heavy atom. The molecule has 0 unspecified atom stereocenters. The summed E-state index contributed by atoms with van der Waals surface area (Å²) in [5.74, 6) is 2.69. The van der Waals surface area contributed by atoms with Gasteiger partial charge in [0.25, 0.3) is 0 Å². The molecule has 6 rings (SSSR count). The molecule has 0 aliphatic carbocycles. The van der Waals surface area contributed by atoms with Crippen molar-refractivity contribution in [3.63, 3.8) is 0 Å². The molecule has 5 heteroatoms. The molecule has 0 saturated carbocycles. The van der Waals surface area contributed by atoms with Crippen LogP contribution in [0.2, 0.25) is 0 Å². The second kappa shape index (κ2) is 10.9. The van der Waals surface area contributed by atoms with Gasteiger partial charge in [-0.05, 0) is 72.5 Å². The third kappa shape index (κ3) is 5.10. The molecule has 3 N–H and O–H groups in total. The first kappa shape index (κ1) is 25.1. The smallest absolute Gasteiger partial charge is 0.153 e. The van der Waals surface area contributed by atoms with Crippen molar-refractivity contribution in [2.24, 2.45) is 0 Å². The van der Waals surface area contributed by atoms with Gasteiger partial charge in [-0.3, -0.25) is 0 Å². The highest BCUT2D eigenvalue weighted by Crippen LogP contribution is 2.35. The fraction of sp³-hybridized carbons (Fsp3) is 0.235. The number of aromatic amines is 1. The molecule has 1 aliphatic heterocycles. The standard InChI is InChI=1S/C34H34N2O3/c1-22-8-7-9-23(2)34(22)39-21-26-18-25(12-15-31(26)37-3)32-33-28(16-17-35-32)29-19-27(13-14-30(29)36-33)38-20-24-10-5-4-6-11-24/h4-15,18-19,32,35-36H,16-17,20-21H2,1-3H3/p+1/t32-/m1/s1. The van der Waals surface area contributed by atoms with Crippen LogP contribution >= 0.6 is 0 Å². The Morgan fingerprint density at radius 3 is 2.46 bits per heavy atom. The highest BCUT2D eigenvalue weighted by atomic mass is 16.5. The highest BCUT2D eigenvalue weighted by Gasteiger charge is 2.29. The average molecular weight is 520 g/mol. The van der Waals surface area contributed by atoms with Crippen LogP contribution in [0.25, 0.3) is 10.9 Å². The fourth-order valence-corrected chi connectivity index (χ4v) is 5.71. The summed E-state index contributed by atoms with van der Waals surface area (Å²) >= 11 is 0. The fourth-order valence-electron chi connectivity index (χ4n) is 5.71. The molecule has 1 aliphatic rings. The molecule has 0 radical (unpaired) electrons. The first-order valence-corrected chi connectivity index (χ1v) is 13.6. The lowest BCUT2D eigenvalue weighted by Gasteiger charge is -2.23. The molecule has 4 aromatic carbocycles. The van der Waals surface area contributed by atoms with Gasteiger partial charge in [0.2, 0.25) is 0 Å². The molecule has 0 amide bonds. The van der Waals surface area contributed by atoms with Crippen molar-refractivity contribution in [1.82, 2.24) is 4.98 Å². The van der Waals surface area contributed by atoms with Crippen molar-refractivity contribution in [1.29, 1.82) is 0 Å². The monoisotopic (exact) mass is 519 g/mol. The van der Waals surface area contributed by atoms with Gasteiger partial charge < -0.3 is 24.5 Å². The molecular formula is C34H35N2O3+. The third-order valence-electron chi connectivity index (χ3n) is 7.71. The summed E-state index contributed by atoms with van der Waals surface area (Å²) < 4.78 is 18.2. The lowest BCUT2D eigenvalue weighted by Crippen LogP contribution is -2.87. The van der Waals surface area contributed by atoms with Crippen molar-refractivity contribution in [2.75, 3.05) is 13.7 Å². The van der Waals surface area contributed by atoms with E-state index in [4.69, 9.17) is 14.2 Å². The van der Waals surface area contributed by atoms with Gasteiger partial charge in [0, 0.05) is 28.5 Å². The lowest BCUT2D eigenvalue weighted by atomic mass is 9.93. The van der Waals surface area contributed by atoms with E-state index in [0.29, 0.717) is 13.2 Å². The Bertz CT molecular complexity index is 1590. The number of H-pyrrole nitrogens is 1. The molecule has 0 bridgehead atoms. The maximum Gasteiger partial charge on any atom is 0.153 e. The van der Waals surface area contributed by atoms with E-state index in [2.05, 4.69) is 90.9 Å². The van der Waals surface area contributed by atoms with Gasteiger partial charge in [-0.1, -0.05) is 48.5 Å². The average Bonchev–Trinajstić information content (AvgIpc) is 3.34. The minimum Gasteiger partial charge on any atom is -0.496 e. The molecular weight excluding hydrogens is 484 g/mol. The first-order chi connectivity index (χ1) is 19.1. The van der Waals surface area contributed by atoms with Gasteiger partial charge in [0.15, 0.2) is 6.04 Å². The Labute approximate surface area is 229 Å². The predicted molar refractivity (Wildman–Crippen MR) is 155 cm³/mol. The number of nitrogens with one attached hydrogen (secondary N) is 1. The van der Waals surface area contributed by atoms with Crippen molar-refractivity contribution in [3.05, 3.63) is 124 Å². The van der Waals surface area contributed by atoms with Crippen LogP contribution in [0.4, 0.5) is 0 Å². The predicted octanol–water partition coefficient (Wildman–Crippen LogP) is 6.16. The Balaban J connectivity index is 1.28.